The Morgan fingerprint density at radius 1 is 1.57 bits per heavy atom. The van der Waals surface area contributed by atoms with Gasteiger partial charge in [-0.3, -0.25) is 4.79 Å². The molecule has 0 bridgehead atoms. The lowest BCUT2D eigenvalue weighted by Gasteiger charge is -2.07. The van der Waals surface area contributed by atoms with Crippen molar-refractivity contribution < 1.29 is 4.79 Å². The number of carbonyl (C=O) groups is 1. The van der Waals surface area contributed by atoms with Gasteiger partial charge in [-0.05, 0) is 37.6 Å². The molecule has 1 aromatic rings. The number of anilines is 1. The predicted molar refractivity (Wildman–Crippen MR) is 59.9 cm³/mol. The fourth-order valence-corrected chi connectivity index (χ4v) is 1.36. The van der Waals surface area contributed by atoms with Crippen LogP contribution in [-0.2, 0) is 0 Å². The zero-order valence-electron chi connectivity index (χ0n) is 8.63. The van der Waals surface area contributed by atoms with Crippen LogP contribution in [0.15, 0.2) is 30.9 Å². The molecule has 0 saturated heterocycles. The maximum Gasteiger partial charge on any atom is 0.160 e. The van der Waals surface area contributed by atoms with E-state index in [9.17, 15) is 4.79 Å². The Morgan fingerprint density at radius 2 is 2.29 bits per heavy atom. The molecule has 0 aliphatic rings. The Hall–Kier alpha value is -1.57. The van der Waals surface area contributed by atoms with Crippen molar-refractivity contribution in [3.63, 3.8) is 0 Å². The number of Topliss-reactive ketones (excluding diaryl/α,β-unsaturated/α-hetero) is 1. The summed E-state index contributed by atoms with van der Waals surface area (Å²) < 4.78 is 0. The van der Waals surface area contributed by atoms with E-state index < -0.39 is 0 Å². The molecule has 0 amide bonds. The quantitative estimate of drug-likeness (QED) is 0.583. The van der Waals surface area contributed by atoms with Crippen LogP contribution in [0, 0.1) is 6.92 Å². The van der Waals surface area contributed by atoms with Gasteiger partial charge < -0.3 is 5.32 Å². The first-order chi connectivity index (χ1) is 6.65. The predicted octanol–water partition coefficient (Wildman–Crippen LogP) is 2.80. The number of hydrogen-bond donors (Lipinski definition) is 1. The van der Waals surface area contributed by atoms with Gasteiger partial charge in [0.15, 0.2) is 5.78 Å². The average molecular weight is 189 g/mol. The van der Waals surface area contributed by atoms with Crippen LogP contribution in [-0.4, -0.2) is 12.3 Å². The highest BCUT2D eigenvalue weighted by Gasteiger charge is 2.03. The SMILES string of the molecule is C=CCNc1ccc(C(C)=O)c(C)c1. The maximum absolute atomic E-state index is 11.2. The topological polar surface area (TPSA) is 29.1 Å². The Morgan fingerprint density at radius 3 is 2.79 bits per heavy atom. The zero-order chi connectivity index (χ0) is 10.6. The smallest absolute Gasteiger partial charge is 0.160 e. The first-order valence-corrected chi connectivity index (χ1v) is 4.61. The van der Waals surface area contributed by atoms with E-state index in [1.54, 1.807) is 13.0 Å². The van der Waals surface area contributed by atoms with Crippen molar-refractivity contribution in [1.82, 2.24) is 0 Å². The van der Waals surface area contributed by atoms with E-state index in [1.165, 1.54) is 0 Å². The second-order valence-electron chi connectivity index (χ2n) is 3.26. The van der Waals surface area contributed by atoms with Crippen molar-refractivity contribution in [1.29, 1.82) is 0 Å². The second-order valence-corrected chi connectivity index (χ2v) is 3.26. The van der Waals surface area contributed by atoms with Crippen LogP contribution in [0.25, 0.3) is 0 Å². The number of nitrogens with one attached hydrogen (secondary N) is 1. The molecule has 74 valence electrons. The molecule has 1 aromatic carbocycles. The second kappa shape index (κ2) is 4.61. The molecule has 0 heterocycles. The average Bonchev–Trinajstić information content (AvgIpc) is 2.14. The molecule has 1 N–H and O–H groups in total. The minimum absolute atomic E-state index is 0.109. The van der Waals surface area contributed by atoms with Gasteiger partial charge in [-0.1, -0.05) is 6.08 Å². The van der Waals surface area contributed by atoms with Gasteiger partial charge in [0.2, 0.25) is 0 Å². The Kier molecular flexibility index (Phi) is 3.46. The fourth-order valence-electron chi connectivity index (χ4n) is 1.36. The summed E-state index contributed by atoms with van der Waals surface area (Å²) in [6.07, 6.45) is 1.80. The molecule has 0 aliphatic carbocycles. The third kappa shape index (κ3) is 2.46. The van der Waals surface area contributed by atoms with Crippen LogP contribution in [0.1, 0.15) is 22.8 Å². The largest absolute Gasteiger partial charge is 0.382 e. The number of rotatable bonds is 4. The first-order valence-electron chi connectivity index (χ1n) is 4.61. The molecule has 2 nitrogen and oxygen atoms in total. The minimum atomic E-state index is 0.109. The van der Waals surface area contributed by atoms with Crippen molar-refractivity contribution >= 4 is 11.5 Å². The van der Waals surface area contributed by atoms with Crippen molar-refractivity contribution in [2.75, 3.05) is 11.9 Å². The van der Waals surface area contributed by atoms with Crippen molar-refractivity contribution in [2.45, 2.75) is 13.8 Å². The minimum Gasteiger partial charge on any atom is -0.382 e. The van der Waals surface area contributed by atoms with Crippen molar-refractivity contribution in [3.8, 4) is 0 Å². The molecule has 0 spiro atoms. The molecule has 0 radical (unpaired) electrons. The highest BCUT2D eigenvalue weighted by Crippen LogP contribution is 2.15. The molecule has 0 atom stereocenters. The van der Waals surface area contributed by atoms with Gasteiger partial charge in [0.05, 0.1) is 0 Å². The summed E-state index contributed by atoms with van der Waals surface area (Å²) in [5, 5.41) is 3.17. The normalized spacial score (nSPS) is 9.57. The molecule has 0 aromatic heterocycles. The summed E-state index contributed by atoms with van der Waals surface area (Å²) in [4.78, 5) is 11.2. The van der Waals surface area contributed by atoms with Gasteiger partial charge in [-0.2, -0.15) is 0 Å². The van der Waals surface area contributed by atoms with E-state index in [0.29, 0.717) is 0 Å². The van der Waals surface area contributed by atoms with Crippen LogP contribution in [0.5, 0.6) is 0 Å². The molecule has 0 fully saturated rings. The van der Waals surface area contributed by atoms with Crippen LogP contribution < -0.4 is 5.32 Å². The maximum atomic E-state index is 11.2. The van der Waals surface area contributed by atoms with Gasteiger partial charge >= 0.3 is 0 Å². The van der Waals surface area contributed by atoms with E-state index in [0.717, 1.165) is 23.4 Å². The van der Waals surface area contributed by atoms with Crippen molar-refractivity contribution in [2.24, 2.45) is 0 Å². The summed E-state index contributed by atoms with van der Waals surface area (Å²) >= 11 is 0. The standard InChI is InChI=1S/C12H15NO/c1-4-7-13-11-5-6-12(10(3)14)9(2)8-11/h4-6,8,13H,1,7H2,2-3H3. The Labute approximate surface area is 84.6 Å². The highest BCUT2D eigenvalue weighted by molar-refractivity contribution is 5.95. The summed E-state index contributed by atoms with van der Waals surface area (Å²) in [5.41, 5.74) is 2.81. The lowest BCUT2D eigenvalue weighted by Crippen LogP contribution is -2.01. The third-order valence-electron chi connectivity index (χ3n) is 2.06. The van der Waals surface area contributed by atoms with Crippen molar-refractivity contribution in [3.05, 3.63) is 42.0 Å². The molecule has 0 unspecified atom stereocenters. The van der Waals surface area contributed by atoms with Gasteiger partial charge in [0, 0.05) is 17.8 Å². The molecule has 2 heteroatoms. The summed E-state index contributed by atoms with van der Waals surface area (Å²) in [6, 6.07) is 5.73. The first kappa shape index (κ1) is 10.5. The molecule has 1 rings (SSSR count). The van der Waals surface area contributed by atoms with Gasteiger partial charge in [0.25, 0.3) is 0 Å². The van der Waals surface area contributed by atoms with E-state index in [-0.39, 0.29) is 5.78 Å². The van der Waals surface area contributed by atoms with E-state index >= 15 is 0 Å². The Balaban J connectivity index is 2.88. The van der Waals surface area contributed by atoms with Gasteiger partial charge in [0.1, 0.15) is 0 Å². The van der Waals surface area contributed by atoms with Gasteiger partial charge in [-0.15, -0.1) is 6.58 Å². The van der Waals surface area contributed by atoms with Crippen LogP contribution >= 0.6 is 0 Å². The lowest BCUT2D eigenvalue weighted by atomic mass is 10.1. The highest BCUT2D eigenvalue weighted by atomic mass is 16.1. The molecular weight excluding hydrogens is 174 g/mol. The van der Waals surface area contributed by atoms with E-state index in [2.05, 4.69) is 11.9 Å². The van der Waals surface area contributed by atoms with Crippen LogP contribution in [0.2, 0.25) is 0 Å². The summed E-state index contributed by atoms with van der Waals surface area (Å²) in [7, 11) is 0. The number of aryl methyl sites for hydroxylation is 1. The molecular formula is C12H15NO. The number of benzene rings is 1. The monoisotopic (exact) mass is 189 g/mol. The third-order valence-corrected chi connectivity index (χ3v) is 2.06. The fraction of sp³-hybridized carbons (Fsp3) is 0.250. The van der Waals surface area contributed by atoms with Crippen LogP contribution in [0.4, 0.5) is 5.69 Å². The number of ketones is 1. The van der Waals surface area contributed by atoms with Crippen LogP contribution in [0.3, 0.4) is 0 Å². The van der Waals surface area contributed by atoms with E-state index in [1.807, 2.05) is 25.1 Å². The lowest BCUT2D eigenvalue weighted by molar-refractivity contribution is 0.101. The Bertz CT molecular complexity index is 355. The molecule has 0 saturated carbocycles. The van der Waals surface area contributed by atoms with Gasteiger partial charge in [-0.25, -0.2) is 0 Å². The number of carbonyl (C=O) groups excluding carboxylic acids is 1. The zero-order valence-corrected chi connectivity index (χ0v) is 8.63. The van der Waals surface area contributed by atoms with E-state index in [4.69, 9.17) is 0 Å². The number of hydrogen-bond acceptors (Lipinski definition) is 2. The molecule has 14 heavy (non-hydrogen) atoms. The summed E-state index contributed by atoms with van der Waals surface area (Å²) in [6.45, 7) is 7.89. The molecule has 0 aliphatic heterocycles. The summed E-state index contributed by atoms with van der Waals surface area (Å²) in [5.74, 6) is 0.109.